The van der Waals surface area contributed by atoms with E-state index in [1.54, 1.807) is 19.2 Å². The van der Waals surface area contributed by atoms with Gasteiger partial charge in [0, 0.05) is 11.3 Å². The lowest BCUT2D eigenvalue weighted by Crippen LogP contribution is -2.12. The molecule has 0 radical (unpaired) electrons. The van der Waals surface area contributed by atoms with Gasteiger partial charge in [0.05, 0.1) is 18.4 Å². The number of ether oxygens (including phenoxy) is 1. The van der Waals surface area contributed by atoms with Gasteiger partial charge in [-0.1, -0.05) is 12.1 Å². The van der Waals surface area contributed by atoms with Gasteiger partial charge in [0.15, 0.2) is 5.13 Å². The minimum absolute atomic E-state index is 0.186. The van der Waals surface area contributed by atoms with Crippen molar-refractivity contribution in [1.82, 2.24) is 4.98 Å². The van der Waals surface area contributed by atoms with Gasteiger partial charge < -0.3 is 4.74 Å². The molecule has 1 aromatic heterocycles. The monoisotopic (exact) mass is 274 g/mol. The van der Waals surface area contributed by atoms with Crippen LogP contribution in [0.5, 0.6) is 5.75 Å². The Morgan fingerprint density at radius 1 is 1.42 bits per heavy atom. The third kappa shape index (κ3) is 2.61. The van der Waals surface area contributed by atoms with Gasteiger partial charge in [0.1, 0.15) is 5.75 Å². The number of carbonyl (C=O) groups excluding carboxylic acids is 1. The van der Waals surface area contributed by atoms with Crippen LogP contribution in [0.3, 0.4) is 0 Å². The lowest BCUT2D eigenvalue weighted by atomic mass is 10.2. The van der Waals surface area contributed by atoms with Gasteiger partial charge in [-0.05, 0) is 25.0 Å². The maximum Gasteiger partial charge on any atom is 0.261 e. The molecule has 1 amide bonds. The zero-order valence-corrected chi connectivity index (χ0v) is 11.4. The van der Waals surface area contributed by atoms with E-state index in [0.717, 1.165) is 5.69 Å². The second-order valence-corrected chi connectivity index (χ2v) is 5.36. The molecule has 19 heavy (non-hydrogen) atoms. The van der Waals surface area contributed by atoms with Crippen molar-refractivity contribution in [2.75, 3.05) is 12.4 Å². The van der Waals surface area contributed by atoms with Crippen LogP contribution in [-0.2, 0) is 0 Å². The number of methoxy groups -OCH3 is 1. The van der Waals surface area contributed by atoms with E-state index < -0.39 is 0 Å². The molecular weight excluding hydrogens is 260 g/mol. The van der Waals surface area contributed by atoms with Crippen LogP contribution in [0.25, 0.3) is 0 Å². The van der Waals surface area contributed by atoms with Gasteiger partial charge in [-0.25, -0.2) is 4.98 Å². The first-order chi connectivity index (χ1) is 9.28. The third-order valence-corrected chi connectivity index (χ3v) is 3.87. The molecule has 5 heteroatoms. The molecule has 98 valence electrons. The summed E-state index contributed by atoms with van der Waals surface area (Å²) in [5.41, 5.74) is 1.62. The number of anilines is 1. The van der Waals surface area contributed by atoms with Crippen molar-refractivity contribution in [3.05, 3.63) is 40.9 Å². The van der Waals surface area contributed by atoms with Crippen LogP contribution in [0.15, 0.2) is 29.6 Å². The minimum Gasteiger partial charge on any atom is -0.496 e. The smallest absolute Gasteiger partial charge is 0.261 e. The molecule has 1 aliphatic rings. The molecule has 4 nitrogen and oxygen atoms in total. The number of hydrogen-bond donors (Lipinski definition) is 1. The first-order valence-corrected chi connectivity index (χ1v) is 7.05. The number of rotatable bonds is 4. The van der Waals surface area contributed by atoms with Crippen molar-refractivity contribution < 1.29 is 9.53 Å². The Balaban J connectivity index is 1.76. The van der Waals surface area contributed by atoms with Crippen molar-refractivity contribution in [3.63, 3.8) is 0 Å². The van der Waals surface area contributed by atoms with Crippen LogP contribution in [0.2, 0.25) is 0 Å². The van der Waals surface area contributed by atoms with E-state index in [1.165, 1.54) is 24.2 Å². The summed E-state index contributed by atoms with van der Waals surface area (Å²) in [6.07, 6.45) is 2.42. The fourth-order valence-electron chi connectivity index (χ4n) is 1.91. The van der Waals surface area contributed by atoms with E-state index in [2.05, 4.69) is 10.3 Å². The molecule has 0 unspecified atom stereocenters. The summed E-state index contributed by atoms with van der Waals surface area (Å²) in [5, 5.41) is 5.50. The summed E-state index contributed by atoms with van der Waals surface area (Å²) in [6, 6.07) is 7.16. The fraction of sp³-hybridized carbons (Fsp3) is 0.286. The zero-order valence-electron chi connectivity index (χ0n) is 10.6. The molecule has 1 fully saturated rings. The molecule has 1 saturated carbocycles. The van der Waals surface area contributed by atoms with Gasteiger partial charge in [0.2, 0.25) is 0 Å². The lowest BCUT2D eigenvalue weighted by Gasteiger charge is -2.06. The number of nitrogens with one attached hydrogen (secondary N) is 1. The SMILES string of the molecule is COc1ccccc1C(=O)Nc1nc(C2CC2)cs1. The zero-order chi connectivity index (χ0) is 13.2. The number of thiazole rings is 1. The van der Waals surface area contributed by atoms with Crippen LogP contribution in [0, 0.1) is 0 Å². The topological polar surface area (TPSA) is 51.2 Å². The van der Waals surface area contributed by atoms with Crippen molar-refractivity contribution in [2.45, 2.75) is 18.8 Å². The van der Waals surface area contributed by atoms with Gasteiger partial charge in [-0.3, -0.25) is 10.1 Å². The Bertz CT molecular complexity index is 605. The fourth-order valence-corrected chi connectivity index (χ4v) is 2.69. The van der Waals surface area contributed by atoms with E-state index in [0.29, 0.717) is 22.4 Å². The summed E-state index contributed by atoms with van der Waals surface area (Å²) in [4.78, 5) is 16.6. The first kappa shape index (κ1) is 12.2. The Morgan fingerprint density at radius 2 is 2.21 bits per heavy atom. The highest BCUT2D eigenvalue weighted by molar-refractivity contribution is 7.14. The maximum absolute atomic E-state index is 12.2. The van der Waals surface area contributed by atoms with E-state index in [4.69, 9.17) is 4.74 Å². The van der Waals surface area contributed by atoms with Crippen LogP contribution >= 0.6 is 11.3 Å². The standard InChI is InChI=1S/C14H14N2O2S/c1-18-12-5-3-2-4-10(12)13(17)16-14-15-11(8-19-14)9-6-7-9/h2-5,8-9H,6-7H2,1H3,(H,15,16,17). The number of hydrogen-bond acceptors (Lipinski definition) is 4. The van der Waals surface area contributed by atoms with Crippen LogP contribution in [0.1, 0.15) is 34.8 Å². The summed E-state index contributed by atoms with van der Waals surface area (Å²) >= 11 is 1.47. The van der Waals surface area contributed by atoms with E-state index in [1.807, 2.05) is 17.5 Å². The molecule has 0 atom stereocenters. The Morgan fingerprint density at radius 3 is 2.95 bits per heavy atom. The molecule has 1 aromatic carbocycles. The predicted molar refractivity (Wildman–Crippen MR) is 75.0 cm³/mol. The van der Waals surface area contributed by atoms with Crippen molar-refractivity contribution in [3.8, 4) is 5.75 Å². The van der Waals surface area contributed by atoms with Crippen molar-refractivity contribution in [2.24, 2.45) is 0 Å². The molecule has 0 bridgehead atoms. The number of aromatic nitrogens is 1. The van der Waals surface area contributed by atoms with Gasteiger partial charge >= 0.3 is 0 Å². The highest BCUT2D eigenvalue weighted by Gasteiger charge is 2.26. The molecule has 3 rings (SSSR count). The molecule has 0 spiro atoms. The van der Waals surface area contributed by atoms with Crippen molar-refractivity contribution in [1.29, 1.82) is 0 Å². The summed E-state index contributed by atoms with van der Waals surface area (Å²) in [7, 11) is 1.56. The minimum atomic E-state index is -0.186. The average Bonchev–Trinajstić information content (AvgIpc) is 3.19. The molecule has 0 aliphatic heterocycles. The van der Waals surface area contributed by atoms with E-state index in [9.17, 15) is 4.79 Å². The molecule has 1 aliphatic carbocycles. The Labute approximate surface area is 115 Å². The van der Waals surface area contributed by atoms with Crippen molar-refractivity contribution >= 4 is 22.4 Å². The normalized spacial score (nSPS) is 14.2. The molecule has 1 heterocycles. The quantitative estimate of drug-likeness (QED) is 0.930. The van der Waals surface area contributed by atoms with E-state index >= 15 is 0 Å². The summed E-state index contributed by atoms with van der Waals surface area (Å²) < 4.78 is 5.18. The van der Waals surface area contributed by atoms with Gasteiger partial charge in [-0.2, -0.15) is 0 Å². The second kappa shape index (κ2) is 5.01. The molecular formula is C14H14N2O2S. The number of carbonyl (C=O) groups is 1. The van der Waals surface area contributed by atoms with Crippen LogP contribution in [-0.4, -0.2) is 18.0 Å². The highest BCUT2D eigenvalue weighted by Crippen LogP contribution is 2.40. The second-order valence-electron chi connectivity index (χ2n) is 4.51. The van der Waals surface area contributed by atoms with Crippen LogP contribution in [0.4, 0.5) is 5.13 Å². The first-order valence-electron chi connectivity index (χ1n) is 6.17. The largest absolute Gasteiger partial charge is 0.496 e. The van der Waals surface area contributed by atoms with Gasteiger partial charge in [-0.15, -0.1) is 11.3 Å². The van der Waals surface area contributed by atoms with E-state index in [-0.39, 0.29) is 5.91 Å². The number of benzene rings is 1. The Hall–Kier alpha value is -1.88. The molecule has 1 N–H and O–H groups in total. The number of nitrogens with zero attached hydrogens (tertiary/aromatic N) is 1. The number of amides is 1. The summed E-state index contributed by atoms with van der Waals surface area (Å²) in [6.45, 7) is 0. The highest BCUT2D eigenvalue weighted by atomic mass is 32.1. The average molecular weight is 274 g/mol. The lowest BCUT2D eigenvalue weighted by molar-refractivity contribution is 0.102. The van der Waals surface area contributed by atoms with Gasteiger partial charge in [0.25, 0.3) is 5.91 Å². The third-order valence-electron chi connectivity index (χ3n) is 3.09. The maximum atomic E-state index is 12.2. The number of para-hydroxylation sites is 1. The molecule has 2 aromatic rings. The predicted octanol–water partition coefficient (Wildman–Crippen LogP) is 3.28. The summed E-state index contributed by atoms with van der Waals surface area (Å²) in [5.74, 6) is 0.987. The Kier molecular flexibility index (Phi) is 3.21. The molecule has 0 saturated heterocycles. The van der Waals surface area contributed by atoms with Crippen LogP contribution < -0.4 is 10.1 Å².